The summed E-state index contributed by atoms with van der Waals surface area (Å²) in [4.78, 5) is 4.62. The Kier molecular flexibility index (Phi) is 4.57. The van der Waals surface area contributed by atoms with Crippen molar-refractivity contribution in [1.82, 2.24) is 0 Å². The van der Waals surface area contributed by atoms with E-state index in [4.69, 9.17) is 28.0 Å². The van der Waals surface area contributed by atoms with Crippen LogP contribution in [0, 0.1) is 0 Å². The fraction of sp³-hybridized carbons (Fsp3) is 0.0500. The van der Waals surface area contributed by atoms with Crippen molar-refractivity contribution < 1.29 is 9.05 Å². The normalized spacial score (nSPS) is 18.2. The molecule has 130 valence electrons. The summed E-state index contributed by atoms with van der Waals surface area (Å²) in [6.07, 6.45) is 0. The predicted octanol–water partition coefficient (Wildman–Crippen LogP) is 5.34. The van der Waals surface area contributed by atoms with E-state index in [1.807, 2.05) is 30.3 Å². The number of benzene rings is 3. The largest absolute Gasteiger partial charge is 0.364 e. The number of halogens is 2. The van der Waals surface area contributed by atoms with Gasteiger partial charge in [-0.25, -0.2) is 4.21 Å². The van der Waals surface area contributed by atoms with Gasteiger partial charge in [-0.15, -0.1) is 0 Å². The second-order valence-corrected chi connectivity index (χ2v) is 8.12. The van der Waals surface area contributed by atoms with Crippen molar-refractivity contribution >= 4 is 39.0 Å². The van der Waals surface area contributed by atoms with E-state index in [-0.39, 0.29) is 0 Å². The lowest BCUT2D eigenvalue weighted by atomic mass is 10.0. The van der Waals surface area contributed by atoms with Gasteiger partial charge in [0, 0.05) is 26.7 Å². The third kappa shape index (κ3) is 2.84. The molecule has 3 aromatic rings. The lowest BCUT2D eigenvalue weighted by Crippen LogP contribution is -2.33. The van der Waals surface area contributed by atoms with Gasteiger partial charge in [0.2, 0.25) is 0 Å². The minimum absolute atomic E-state index is 0.399. The van der Waals surface area contributed by atoms with Crippen molar-refractivity contribution in [3.63, 3.8) is 0 Å². The van der Waals surface area contributed by atoms with Gasteiger partial charge in [0.15, 0.2) is 5.04 Å². The van der Waals surface area contributed by atoms with Gasteiger partial charge in [-0.1, -0.05) is 83.0 Å². The Balaban J connectivity index is 1.87. The molecule has 0 radical (unpaired) electrons. The summed E-state index contributed by atoms with van der Waals surface area (Å²) < 4.78 is 13.6. The van der Waals surface area contributed by atoms with Gasteiger partial charge in [-0.2, -0.15) is 0 Å². The van der Waals surface area contributed by atoms with Crippen molar-refractivity contribution in [2.75, 3.05) is 0 Å². The molecule has 6 heteroatoms. The summed E-state index contributed by atoms with van der Waals surface area (Å²) in [5, 5.41) is 5.77. The fourth-order valence-corrected chi connectivity index (χ4v) is 4.66. The molecule has 1 unspecified atom stereocenters. The van der Waals surface area contributed by atoms with Gasteiger partial charge in [0.05, 0.1) is 0 Å². The van der Waals surface area contributed by atoms with Gasteiger partial charge in [-0.05, 0) is 24.3 Å². The Morgan fingerprint density at radius 2 is 1.27 bits per heavy atom. The molecule has 0 aromatic heterocycles. The highest BCUT2D eigenvalue weighted by molar-refractivity contribution is 8.02. The average Bonchev–Trinajstić information content (AvgIpc) is 3.02. The lowest BCUT2D eigenvalue weighted by Gasteiger charge is -2.26. The lowest BCUT2D eigenvalue weighted by molar-refractivity contribution is 0.0634. The van der Waals surface area contributed by atoms with Crippen LogP contribution in [0.15, 0.2) is 84.0 Å². The number of hydrogen-bond donors (Lipinski definition) is 0. The maximum atomic E-state index is 13.6. The van der Waals surface area contributed by atoms with Crippen LogP contribution in [0.5, 0.6) is 0 Å². The van der Waals surface area contributed by atoms with E-state index in [0.29, 0.717) is 26.2 Å². The summed E-state index contributed by atoms with van der Waals surface area (Å²) in [7, 11) is -1.58. The Labute approximate surface area is 163 Å². The highest BCUT2D eigenvalue weighted by atomic mass is 35.5. The first kappa shape index (κ1) is 17.3. The van der Waals surface area contributed by atoms with Crippen LogP contribution in [0.2, 0.25) is 10.0 Å². The first-order valence-electron chi connectivity index (χ1n) is 7.87. The minimum Gasteiger partial charge on any atom is -0.364 e. The minimum atomic E-state index is -1.58. The molecule has 0 saturated carbocycles. The van der Waals surface area contributed by atoms with E-state index < -0.39 is 15.7 Å². The van der Waals surface area contributed by atoms with E-state index >= 15 is 0 Å². The molecule has 4 rings (SSSR count). The molecule has 1 heterocycles. The highest BCUT2D eigenvalue weighted by Crippen LogP contribution is 2.43. The van der Waals surface area contributed by atoms with Crippen LogP contribution >= 0.6 is 23.2 Å². The van der Waals surface area contributed by atoms with Gasteiger partial charge in [0.1, 0.15) is 10.8 Å². The molecule has 1 aliphatic rings. The molecule has 0 N–H and O–H groups in total. The van der Waals surface area contributed by atoms with Crippen LogP contribution < -0.4 is 0 Å². The molecular formula is C20H13Cl2NO2S. The standard InChI is InChI=1S/C20H13Cl2NO2S/c21-17-10-6-15(7-11-17)20(16-8-12-18(22)13-9-16)25-23-19(26(20)24)14-4-2-1-3-5-14/h1-13H. The molecule has 0 fully saturated rings. The van der Waals surface area contributed by atoms with Crippen molar-refractivity contribution in [1.29, 1.82) is 0 Å². The van der Waals surface area contributed by atoms with Crippen LogP contribution in [-0.4, -0.2) is 9.25 Å². The second-order valence-electron chi connectivity index (χ2n) is 5.75. The van der Waals surface area contributed by atoms with E-state index in [9.17, 15) is 4.21 Å². The number of rotatable bonds is 3. The molecule has 0 amide bonds. The summed E-state index contributed by atoms with van der Waals surface area (Å²) in [5.41, 5.74) is 2.17. The first-order chi connectivity index (χ1) is 12.6. The van der Waals surface area contributed by atoms with Crippen molar-refractivity contribution in [2.24, 2.45) is 5.16 Å². The quantitative estimate of drug-likeness (QED) is 0.594. The topological polar surface area (TPSA) is 38.7 Å². The van der Waals surface area contributed by atoms with Gasteiger partial charge >= 0.3 is 0 Å². The molecule has 26 heavy (non-hydrogen) atoms. The molecule has 1 aliphatic heterocycles. The fourth-order valence-electron chi connectivity index (χ4n) is 2.87. The third-order valence-corrected chi connectivity index (χ3v) is 6.40. The Bertz CT molecular complexity index is 941. The van der Waals surface area contributed by atoms with E-state index in [1.165, 1.54) is 0 Å². The first-order valence-corrected chi connectivity index (χ1v) is 9.77. The summed E-state index contributed by atoms with van der Waals surface area (Å²) in [5.74, 6) is 0. The average molecular weight is 402 g/mol. The van der Waals surface area contributed by atoms with E-state index in [2.05, 4.69) is 5.16 Å². The second kappa shape index (κ2) is 6.88. The summed E-state index contributed by atoms with van der Waals surface area (Å²) in [6.45, 7) is 0. The highest BCUT2D eigenvalue weighted by Gasteiger charge is 2.50. The molecule has 1 atom stereocenters. The smallest absolute Gasteiger partial charge is 0.267 e. The van der Waals surface area contributed by atoms with Gasteiger partial charge in [-0.3, -0.25) is 0 Å². The predicted molar refractivity (Wildman–Crippen MR) is 106 cm³/mol. The molecule has 0 aliphatic carbocycles. The number of oxime groups is 1. The van der Waals surface area contributed by atoms with E-state index in [0.717, 1.165) is 5.56 Å². The number of hydrogen-bond acceptors (Lipinski definition) is 3. The van der Waals surface area contributed by atoms with Crippen LogP contribution in [-0.2, 0) is 20.6 Å². The monoisotopic (exact) mass is 401 g/mol. The Morgan fingerprint density at radius 3 is 1.77 bits per heavy atom. The van der Waals surface area contributed by atoms with Crippen LogP contribution in [0.4, 0.5) is 0 Å². The maximum absolute atomic E-state index is 13.6. The van der Waals surface area contributed by atoms with Crippen LogP contribution in [0.1, 0.15) is 16.7 Å². The van der Waals surface area contributed by atoms with Crippen molar-refractivity contribution in [2.45, 2.75) is 4.93 Å². The van der Waals surface area contributed by atoms with Crippen molar-refractivity contribution in [3.8, 4) is 0 Å². The summed E-state index contributed by atoms with van der Waals surface area (Å²) >= 11 is 12.1. The molecule has 0 spiro atoms. The molecule has 3 aromatic carbocycles. The third-order valence-electron chi connectivity index (χ3n) is 4.16. The Morgan fingerprint density at radius 1 is 0.769 bits per heavy atom. The van der Waals surface area contributed by atoms with Crippen molar-refractivity contribution in [3.05, 3.63) is 106 Å². The van der Waals surface area contributed by atoms with Crippen LogP contribution in [0.25, 0.3) is 0 Å². The molecular weight excluding hydrogens is 389 g/mol. The molecule has 3 nitrogen and oxygen atoms in total. The van der Waals surface area contributed by atoms with Crippen LogP contribution in [0.3, 0.4) is 0 Å². The zero-order valence-corrected chi connectivity index (χ0v) is 15.8. The van der Waals surface area contributed by atoms with E-state index in [1.54, 1.807) is 48.5 Å². The van der Waals surface area contributed by atoms with Gasteiger partial charge in [0.25, 0.3) is 4.93 Å². The zero-order valence-electron chi connectivity index (χ0n) is 13.4. The maximum Gasteiger partial charge on any atom is 0.267 e. The SMILES string of the molecule is O=S1C(c2ccccc2)=NOC1(c1ccc(Cl)cc1)c1ccc(Cl)cc1. The molecule has 0 bridgehead atoms. The zero-order chi connectivity index (χ0) is 18.1. The number of nitrogens with zero attached hydrogens (tertiary/aromatic N) is 1. The summed E-state index contributed by atoms with van der Waals surface area (Å²) in [6, 6.07) is 23.6. The van der Waals surface area contributed by atoms with Gasteiger partial charge < -0.3 is 4.84 Å². The molecule has 0 saturated heterocycles. The Hall–Kier alpha value is -2.14.